The largest absolute Gasteiger partial charge is 0.445 e. The first-order valence-corrected chi connectivity index (χ1v) is 11.0. The number of nitrogens with zero attached hydrogens (tertiary/aromatic N) is 3. The number of thiazole rings is 1. The number of carbonyl (C=O) groups is 2. The molecule has 0 spiro atoms. The maximum atomic E-state index is 12.6. The van der Waals surface area contributed by atoms with Crippen molar-refractivity contribution in [3.05, 3.63) is 65.6 Å². The third kappa shape index (κ3) is 5.28. The Kier molecular flexibility index (Phi) is 6.42. The Labute approximate surface area is 189 Å². The van der Waals surface area contributed by atoms with Gasteiger partial charge in [0.25, 0.3) is 5.91 Å². The summed E-state index contributed by atoms with van der Waals surface area (Å²) in [5.74, 6) is 0.00963. The highest BCUT2D eigenvalue weighted by Crippen LogP contribution is 2.48. The Morgan fingerprint density at radius 3 is 2.59 bits per heavy atom. The quantitative estimate of drug-likeness (QED) is 0.537. The monoisotopic (exact) mass is 447 g/mol. The average molecular weight is 448 g/mol. The van der Waals surface area contributed by atoms with Crippen LogP contribution in [0.4, 0.5) is 5.13 Å². The molecule has 2 aromatic heterocycles. The van der Waals surface area contributed by atoms with E-state index < -0.39 is 5.92 Å². The lowest BCUT2D eigenvalue weighted by Gasteiger charge is -2.12. The van der Waals surface area contributed by atoms with Gasteiger partial charge in [-0.05, 0) is 49.2 Å². The number of aromatic nitrogens is 2. The molecule has 2 amide bonds. The maximum Gasteiger partial charge on any atom is 0.251 e. The third-order valence-corrected chi connectivity index (χ3v) is 5.83. The van der Waals surface area contributed by atoms with Gasteiger partial charge >= 0.3 is 0 Å². The molecule has 162 valence electrons. The fourth-order valence-electron chi connectivity index (χ4n) is 2.94. The summed E-state index contributed by atoms with van der Waals surface area (Å²) >= 11 is 1.28. The minimum absolute atomic E-state index is 0.197. The predicted molar refractivity (Wildman–Crippen MR) is 120 cm³/mol. The van der Waals surface area contributed by atoms with Crippen LogP contribution in [0.25, 0.3) is 0 Å². The summed E-state index contributed by atoms with van der Waals surface area (Å²) in [7, 11) is 0. The van der Waals surface area contributed by atoms with E-state index in [0.29, 0.717) is 33.0 Å². The van der Waals surface area contributed by atoms with Gasteiger partial charge in [0.15, 0.2) is 5.13 Å². The van der Waals surface area contributed by atoms with Gasteiger partial charge in [0.1, 0.15) is 11.4 Å². The molecule has 32 heavy (non-hydrogen) atoms. The Morgan fingerprint density at radius 1 is 1.22 bits per heavy atom. The van der Waals surface area contributed by atoms with Crippen LogP contribution in [0.5, 0.6) is 10.8 Å². The van der Waals surface area contributed by atoms with Gasteiger partial charge in [-0.1, -0.05) is 18.3 Å². The van der Waals surface area contributed by atoms with E-state index in [1.807, 2.05) is 0 Å². The van der Waals surface area contributed by atoms with E-state index in [-0.39, 0.29) is 18.4 Å². The highest BCUT2D eigenvalue weighted by molar-refractivity contribution is 7.17. The molecule has 1 unspecified atom stereocenters. The molecule has 1 aliphatic carbocycles. The summed E-state index contributed by atoms with van der Waals surface area (Å²) in [6.45, 7) is 1.94. The molecule has 8 nitrogen and oxygen atoms in total. The van der Waals surface area contributed by atoms with Crippen molar-refractivity contribution in [2.24, 2.45) is 5.92 Å². The molecule has 4 rings (SSSR count). The highest BCUT2D eigenvalue weighted by Gasteiger charge is 2.31. The van der Waals surface area contributed by atoms with Gasteiger partial charge in [-0.3, -0.25) is 14.6 Å². The number of amides is 2. The number of carbonyl (C=O) groups excluding carboxylic acids is 2. The molecule has 1 aromatic carbocycles. The number of hydrogen-bond donors (Lipinski definition) is 2. The van der Waals surface area contributed by atoms with Crippen LogP contribution in [-0.4, -0.2) is 28.3 Å². The van der Waals surface area contributed by atoms with Crippen molar-refractivity contribution < 1.29 is 14.3 Å². The maximum absolute atomic E-state index is 12.6. The van der Waals surface area contributed by atoms with Gasteiger partial charge in [0.2, 0.25) is 11.0 Å². The molecule has 9 heteroatoms. The molecule has 1 saturated carbocycles. The number of pyridine rings is 1. The lowest BCUT2D eigenvalue weighted by Crippen LogP contribution is -2.34. The zero-order valence-corrected chi connectivity index (χ0v) is 18.2. The Morgan fingerprint density at radius 2 is 1.94 bits per heavy atom. The van der Waals surface area contributed by atoms with E-state index in [0.717, 1.165) is 18.5 Å². The summed E-state index contributed by atoms with van der Waals surface area (Å²) in [4.78, 5) is 33.2. The number of ether oxygens (including phenoxy) is 1. The molecule has 1 fully saturated rings. The smallest absolute Gasteiger partial charge is 0.251 e. The summed E-state index contributed by atoms with van der Waals surface area (Å²) < 4.78 is 5.99. The lowest BCUT2D eigenvalue weighted by molar-refractivity contribution is -0.119. The second kappa shape index (κ2) is 9.58. The van der Waals surface area contributed by atoms with Crippen LogP contribution < -0.4 is 15.4 Å². The summed E-state index contributed by atoms with van der Waals surface area (Å²) in [5, 5.41) is 15.6. The third-order valence-electron chi connectivity index (χ3n) is 4.97. The first-order valence-electron chi connectivity index (χ1n) is 10.2. The summed E-state index contributed by atoms with van der Waals surface area (Å²) in [6.07, 6.45) is 5.17. The number of anilines is 1. The predicted octanol–water partition coefficient (Wildman–Crippen LogP) is 4.08. The molecule has 1 aliphatic rings. The van der Waals surface area contributed by atoms with Gasteiger partial charge in [-0.25, -0.2) is 4.98 Å². The van der Waals surface area contributed by atoms with Gasteiger partial charge in [-0.2, -0.15) is 5.26 Å². The minimum Gasteiger partial charge on any atom is -0.445 e. The van der Waals surface area contributed by atoms with Crippen LogP contribution >= 0.6 is 11.3 Å². The van der Waals surface area contributed by atoms with E-state index >= 15 is 0 Å². The van der Waals surface area contributed by atoms with Crippen molar-refractivity contribution in [3.8, 4) is 16.9 Å². The molecule has 0 bridgehead atoms. The minimum atomic E-state index is -0.447. The molecular weight excluding hydrogens is 426 g/mol. The van der Waals surface area contributed by atoms with Crippen molar-refractivity contribution in [1.82, 2.24) is 15.3 Å². The van der Waals surface area contributed by atoms with Crippen molar-refractivity contribution >= 4 is 28.3 Å². The number of nitrogens with one attached hydrogen (secondary N) is 2. The lowest BCUT2D eigenvalue weighted by atomic mass is 10.1. The highest BCUT2D eigenvalue weighted by atomic mass is 32.1. The first-order chi connectivity index (χ1) is 15.5. The zero-order chi connectivity index (χ0) is 22.5. The van der Waals surface area contributed by atoms with Crippen molar-refractivity contribution in [3.63, 3.8) is 0 Å². The van der Waals surface area contributed by atoms with Gasteiger partial charge in [-0.15, -0.1) is 0 Å². The van der Waals surface area contributed by atoms with Crippen molar-refractivity contribution in [2.75, 3.05) is 11.9 Å². The summed E-state index contributed by atoms with van der Waals surface area (Å²) in [5.41, 5.74) is 1.89. The van der Waals surface area contributed by atoms with E-state index in [9.17, 15) is 9.59 Å². The van der Waals surface area contributed by atoms with Crippen LogP contribution in [0.15, 0.2) is 48.8 Å². The normalized spacial score (nSPS) is 13.6. The molecule has 2 N–H and O–H groups in total. The van der Waals surface area contributed by atoms with Crippen LogP contribution in [0.2, 0.25) is 0 Å². The Bertz CT molecular complexity index is 1150. The fraction of sp³-hybridized carbons (Fsp3) is 0.261. The first kappa shape index (κ1) is 21.5. The molecule has 2 heterocycles. The molecule has 0 aliphatic heterocycles. The van der Waals surface area contributed by atoms with E-state index in [4.69, 9.17) is 10.00 Å². The standard InChI is InChI=1S/C23H21N5O3S/c1-14(13-26-21(30)17-8-10-25-11-9-17)20(29)28-23-27-19(16-4-5-16)22(32-23)31-18-6-2-15(12-24)3-7-18/h2-3,6-11,14,16H,4-5,13H2,1H3,(H,26,30)(H,27,28,29). The van der Waals surface area contributed by atoms with E-state index in [1.54, 1.807) is 55.7 Å². The van der Waals surface area contributed by atoms with Crippen molar-refractivity contribution in [2.45, 2.75) is 25.7 Å². The molecule has 0 radical (unpaired) electrons. The molecular formula is C23H21N5O3S. The Hall–Kier alpha value is -3.77. The average Bonchev–Trinajstić information content (AvgIpc) is 3.60. The van der Waals surface area contributed by atoms with Crippen LogP contribution in [0, 0.1) is 17.2 Å². The number of hydrogen-bond acceptors (Lipinski definition) is 7. The molecule has 0 saturated heterocycles. The fourth-order valence-corrected chi connectivity index (χ4v) is 3.86. The van der Waals surface area contributed by atoms with Gasteiger partial charge in [0, 0.05) is 30.4 Å². The van der Waals surface area contributed by atoms with Gasteiger partial charge in [0.05, 0.1) is 17.6 Å². The van der Waals surface area contributed by atoms with E-state index in [1.165, 1.54) is 11.3 Å². The molecule has 1 atom stereocenters. The second-order valence-electron chi connectivity index (χ2n) is 7.54. The van der Waals surface area contributed by atoms with Crippen molar-refractivity contribution in [1.29, 1.82) is 5.26 Å². The number of benzene rings is 1. The van der Waals surface area contributed by atoms with Crippen LogP contribution in [0.1, 0.15) is 47.3 Å². The van der Waals surface area contributed by atoms with Crippen LogP contribution in [-0.2, 0) is 4.79 Å². The van der Waals surface area contributed by atoms with E-state index in [2.05, 4.69) is 26.7 Å². The number of nitriles is 1. The topological polar surface area (TPSA) is 117 Å². The molecule has 3 aromatic rings. The Balaban J connectivity index is 1.37. The van der Waals surface area contributed by atoms with Crippen LogP contribution in [0.3, 0.4) is 0 Å². The summed E-state index contributed by atoms with van der Waals surface area (Å²) in [6, 6.07) is 12.2. The zero-order valence-electron chi connectivity index (χ0n) is 17.4. The van der Waals surface area contributed by atoms with Gasteiger partial charge < -0.3 is 15.4 Å². The second-order valence-corrected chi connectivity index (χ2v) is 8.50. The number of rotatable bonds is 8. The SMILES string of the molecule is CC(CNC(=O)c1ccncc1)C(=O)Nc1nc(C2CC2)c(Oc2ccc(C#N)cc2)s1.